The van der Waals surface area contributed by atoms with Gasteiger partial charge in [0.05, 0.1) is 23.9 Å². The average molecular weight is 304 g/mol. The molecular weight excluding hydrogens is 288 g/mol. The molecule has 1 aliphatic heterocycles. The first-order valence-electron chi connectivity index (χ1n) is 7.57. The zero-order valence-electron chi connectivity index (χ0n) is 12.5. The molecule has 0 amide bonds. The molecule has 1 aliphatic rings. The van der Waals surface area contributed by atoms with Gasteiger partial charge < -0.3 is 8.83 Å². The van der Waals surface area contributed by atoms with E-state index in [4.69, 9.17) is 13.9 Å². The first-order chi connectivity index (χ1) is 11.4. The molecule has 4 nitrogen and oxygen atoms in total. The first kappa shape index (κ1) is 13.6. The van der Waals surface area contributed by atoms with E-state index in [1.807, 2.05) is 59.6 Å². The average Bonchev–Trinajstić information content (AvgIpc) is 3.33. The monoisotopic (exact) mass is 304 g/mol. The zero-order chi connectivity index (χ0) is 15.5. The van der Waals surface area contributed by atoms with Crippen molar-refractivity contribution in [2.45, 2.75) is 12.5 Å². The summed E-state index contributed by atoms with van der Waals surface area (Å²) in [5.74, 6) is 1.74. The molecule has 1 aromatic carbocycles. The highest BCUT2D eigenvalue weighted by atomic mass is 16.3. The number of hydrazone groups is 1. The summed E-state index contributed by atoms with van der Waals surface area (Å²) in [6.07, 6.45) is 8.09. The fraction of sp³-hybridized carbons (Fsp3) is 0.105. The van der Waals surface area contributed by atoms with E-state index in [1.165, 1.54) is 0 Å². The van der Waals surface area contributed by atoms with E-state index in [0.29, 0.717) is 0 Å². The van der Waals surface area contributed by atoms with Gasteiger partial charge in [-0.1, -0.05) is 18.2 Å². The number of hydrogen-bond acceptors (Lipinski definition) is 4. The lowest BCUT2D eigenvalue weighted by atomic mass is 10.1. The normalized spacial score (nSPS) is 17.8. The molecule has 0 unspecified atom stereocenters. The van der Waals surface area contributed by atoms with E-state index in [0.717, 1.165) is 29.3 Å². The van der Waals surface area contributed by atoms with Crippen LogP contribution in [0, 0.1) is 0 Å². The topological polar surface area (TPSA) is 41.9 Å². The molecule has 0 radical (unpaired) electrons. The number of benzene rings is 1. The van der Waals surface area contributed by atoms with Crippen LogP contribution < -0.4 is 5.01 Å². The van der Waals surface area contributed by atoms with Gasteiger partial charge in [0.2, 0.25) is 0 Å². The lowest BCUT2D eigenvalue weighted by Gasteiger charge is -2.21. The Morgan fingerprint density at radius 3 is 2.48 bits per heavy atom. The van der Waals surface area contributed by atoms with Crippen molar-refractivity contribution < 1.29 is 8.83 Å². The second kappa shape index (κ2) is 6.01. The van der Waals surface area contributed by atoms with E-state index in [9.17, 15) is 0 Å². The van der Waals surface area contributed by atoms with E-state index in [2.05, 4.69) is 12.1 Å². The Labute approximate surface area is 134 Å². The summed E-state index contributed by atoms with van der Waals surface area (Å²) in [6, 6.07) is 17.9. The number of allylic oxidation sites excluding steroid dienone is 1. The van der Waals surface area contributed by atoms with Gasteiger partial charge in [0, 0.05) is 6.42 Å². The molecule has 4 rings (SSSR count). The van der Waals surface area contributed by atoms with Crippen LogP contribution in [-0.4, -0.2) is 5.71 Å². The summed E-state index contributed by atoms with van der Waals surface area (Å²) in [4.78, 5) is 0. The Morgan fingerprint density at radius 2 is 1.74 bits per heavy atom. The quantitative estimate of drug-likeness (QED) is 0.689. The van der Waals surface area contributed by atoms with Gasteiger partial charge in [-0.15, -0.1) is 0 Å². The second-order valence-electron chi connectivity index (χ2n) is 5.36. The second-order valence-corrected chi connectivity index (χ2v) is 5.36. The van der Waals surface area contributed by atoms with Crippen LogP contribution in [-0.2, 0) is 0 Å². The molecule has 0 spiro atoms. The molecule has 4 heteroatoms. The Morgan fingerprint density at radius 1 is 0.913 bits per heavy atom. The Balaban J connectivity index is 1.64. The van der Waals surface area contributed by atoms with Gasteiger partial charge in [-0.25, -0.2) is 0 Å². The van der Waals surface area contributed by atoms with Crippen molar-refractivity contribution in [2.24, 2.45) is 5.10 Å². The molecule has 2 aromatic heterocycles. The Hall–Kier alpha value is -3.01. The maximum Gasteiger partial charge on any atom is 0.128 e. The van der Waals surface area contributed by atoms with Crippen molar-refractivity contribution in [3.8, 4) is 0 Å². The molecule has 3 heterocycles. The minimum absolute atomic E-state index is 0.0728. The molecule has 3 aromatic rings. The largest absolute Gasteiger partial charge is 0.467 e. The summed E-state index contributed by atoms with van der Waals surface area (Å²) in [6.45, 7) is 0. The highest BCUT2D eigenvalue weighted by molar-refractivity contribution is 6.00. The van der Waals surface area contributed by atoms with Crippen molar-refractivity contribution in [1.29, 1.82) is 0 Å². The fourth-order valence-electron chi connectivity index (χ4n) is 2.72. The van der Waals surface area contributed by atoms with Crippen molar-refractivity contribution in [1.82, 2.24) is 0 Å². The van der Waals surface area contributed by atoms with Crippen LogP contribution >= 0.6 is 0 Å². The Bertz CT molecular complexity index is 802. The maximum atomic E-state index is 5.61. The summed E-state index contributed by atoms with van der Waals surface area (Å²) in [7, 11) is 0. The number of anilines is 1. The zero-order valence-corrected chi connectivity index (χ0v) is 12.5. The van der Waals surface area contributed by atoms with Gasteiger partial charge in [-0.3, -0.25) is 5.01 Å². The van der Waals surface area contributed by atoms with Gasteiger partial charge in [-0.2, -0.15) is 5.10 Å². The van der Waals surface area contributed by atoms with E-state index in [1.54, 1.807) is 12.5 Å². The summed E-state index contributed by atoms with van der Waals surface area (Å²) >= 11 is 0. The van der Waals surface area contributed by atoms with Crippen LogP contribution in [0.3, 0.4) is 0 Å². The predicted octanol–water partition coefficient (Wildman–Crippen LogP) is 4.89. The lowest BCUT2D eigenvalue weighted by molar-refractivity contribution is 0.465. The molecule has 23 heavy (non-hydrogen) atoms. The lowest BCUT2D eigenvalue weighted by Crippen LogP contribution is -2.17. The van der Waals surface area contributed by atoms with Gasteiger partial charge in [-0.05, 0) is 48.6 Å². The van der Waals surface area contributed by atoms with Crippen molar-refractivity contribution in [3.05, 3.63) is 84.7 Å². The van der Waals surface area contributed by atoms with E-state index in [-0.39, 0.29) is 6.04 Å². The smallest absolute Gasteiger partial charge is 0.128 e. The standard InChI is InChI=1S/C19H16N2O2/c1-2-6-16(7-3-1)21-18(19-9-5-13-23-19)14-15(20-21)10-11-17-8-4-12-22-17/h1-13,18H,14H2/b11-10+/t18-/m1/s1. The van der Waals surface area contributed by atoms with Crippen molar-refractivity contribution in [2.75, 3.05) is 5.01 Å². The van der Waals surface area contributed by atoms with Crippen LogP contribution in [0.15, 0.2) is 87.1 Å². The van der Waals surface area contributed by atoms with Crippen molar-refractivity contribution in [3.63, 3.8) is 0 Å². The molecule has 0 bridgehead atoms. The first-order valence-corrected chi connectivity index (χ1v) is 7.57. The third kappa shape index (κ3) is 2.83. The van der Waals surface area contributed by atoms with Crippen LogP contribution in [0.5, 0.6) is 0 Å². The molecule has 0 aliphatic carbocycles. The van der Waals surface area contributed by atoms with Crippen LogP contribution in [0.1, 0.15) is 24.0 Å². The molecule has 0 saturated carbocycles. The molecular formula is C19H16N2O2. The number of rotatable bonds is 4. The van der Waals surface area contributed by atoms with Gasteiger partial charge in [0.15, 0.2) is 0 Å². The highest BCUT2D eigenvalue weighted by Gasteiger charge is 2.30. The van der Waals surface area contributed by atoms with Gasteiger partial charge in [0.25, 0.3) is 0 Å². The molecule has 0 saturated heterocycles. The third-order valence-electron chi connectivity index (χ3n) is 3.81. The summed E-state index contributed by atoms with van der Waals surface area (Å²) < 4.78 is 10.9. The SMILES string of the molecule is C(=C\c1ccco1)/C1=NN(c2ccccc2)[C@@H](c2ccco2)C1. The van der Waals surface area contributed by atoms with Crippen LogP contribution in [0.4, 0.5) is 5.69 Å². The van der Waals surface area contributed by atoms with E-state index < -0.39 is 0 Å². The number of hydrogen-bond donors (Lipinski definition) is 0. The third-order valence-corrected chi connectivity index (χ3v) is 3.81. The van der Waals surface area contributed by atoms with Crippen LogP contribution in [0.2, 0.25) is 0 Å². The number of nitrogens with zero attached hydrogens (tertiary/aromatic N) is 2. The molecule has 0 fully saturated rings. The minimum Gasteiger partial charge on any atom is -0.467 e. The molecule has 1 atom stereocenters. The minimum atomic E-state index is 0.0728. The number of furan rings is 2. The number of para-hydroxylation sites is 1. The van der Waals surface area contributed by atoms with E-state index >= 15 is 0 Å². The summed E-state index contributed by atoms with van der Waals surface area (Å²) in [5, 5.41) is 6.77. The molecule has 114 valence electrons. The van der Waals surface area contributed by atoms with Gasteiger partial charge in [0.1, 0.15) is 17.6 Å². The predicted molar refractivity (Wildman–Crippen MR) is 90.2 cm³/mol. The Kier molecular flexibility index (Phi) is 3.56. The molecule has 0 N–H and O–H groups in total. The van der Waals surface area contributed by atoms with Crippen molar-refractivity contribution >= 4 is 17.5 Å². The fourth-order valence-corrected chi connectivity index (χ4v) is 2.72. The van der Waals surface area contributed by atoms with Crippen LogP contribution in [0.25, 0.3) is 6.08 Å². The highest BCUT2D eigenvalue weighted by Crippen LogP contribution is 2.35. The summed E-state index contributed by atoms with van der Waals surface area (Å²) in [5.41, 5.74) is 2.04. The maximum absolute atomic E-state index is 5.61. The van der Waals surface area contributed by atoms with Gasteiger partial charge >= 0.3 is 0 Å².